The van der Waals surface area contributed by atoms with E-state index in [1.807, 2.05) is 25.1 Å². The second kappa shape index (κ2) is 4.78. The van der Waals surface area contributed by atoms with E-state index in [-0.39, 0.29) is 11.7 Å². The summed E-state index contributed by atoms with van der Waals surface area (Å²) in [5.41, 5.74) is 0.110. The van der Waals surface area contributed by atoms with E-state index in [1.165, 1.54) is 0 Å². The Morgan fingerprint density at radius 2 is 2.20 bits per heavy atom. The Kier molecular flexibility index (Phi) is 3.08. The minimum Gasteiger partial charge on any atom is -0.484 e. The zero-order chi connectivity index (χ0) is 14.2. The molecule has 0 bridgehead atoms. The van der Waals surface area contributed by atoms with Crippen molar-refractivity contribution in [1.82, 2.24) is 4.90 Å². The van der Waals surface area contributed by atoms with Gasteiger partial charge >= 0.3 is 0 Å². The summed E-state index contributed by atoms with van der Waals surface area (Å²) in [5, 5.41) is 0. The van der Waals surface area contributed by atoms with E-state index in [0.29, 0.717) is 37.2 Å². The van der Waals surface area contributed by atoms with Crippen molar-refractivity contribution in [3.05, 3.63) is 42.0 Å². The maximum atomic E-state index is 12.3. The maximum absolute atomic E-state index is 12.3. The van der Waals surface area contributed by atoms with Crippen LogP contribution in [0, 0.1) is 0 Å². The number of ketones is 1. The molecule has 1 saturated heterocycles. The second-order valence-corrected chi connectivity index (χ2v) is 5.39. The molecule has 2 heterocycles. The summed E-state index contributed by atoms with van der Waals surface area (Å²) in [7, 11) is 0. The quantitative estimate of drug-likeness (QED) is 0.736. The number of carbonyl (C=O) groups is 2. The molecule has 4 nitrogen and oxygen atoms in total. The number of hydrogen-bond acceptors (Lipinski definition) is 3. The summed E-state index contributed by atoms with van der Waals surface area (Å²) in [6.07, 6.45) is 4.34. The van der Waals surface area contributed by atoms with Crippen molar-refractivity contribution in [2.75, 3.05) is 13.1 Å². The van der Waals surface area contributed by atoms with Gasteiger partial charge in [-0.2, -0.15) is 0 Å². The summed E-state index contributed by atoms with van der Waals surface area (Å²) in [4.78, 5) is 25.9. The Morgan fingerprint density at radius 3 is 3.00 bits per heavy atom. The fraction of sp³-hybridized carbons (Fsp3) is 0.375. The Bertz CT molecular complexity index is 593. The number of allylic oxidation sites excluding steroid dienone is 1. The second-order valence-electron chi connectivity index (χ2n) is 5.39. The summed E-state index contributed by atoms with van der Waals surface area (Å²) >= 11 is 0. The van der Waals surface area contributed by atoms with Crippen LogP contribution in [-0.2, 0) is 4.79 Å². The van der Waals surface area contributed by atoms with Gasteiger partial charge in [0.25, 0.3) is 0 Å². The standard InChI is InChI=1S/C16H17NO3/c1-2-5-15(19)17-9-8-16(11-17)10-13(18)12-6-3-4-7-14(12)20-16/h2-7H,8-11H2,1H3/b5-2+. The van der Waals surface area contributed by atoms with Crippen LogP contribution < -0.4 is 4.74 Å². The molecule has 4 heteroatoms. The van der Waals surface area contributed by atoms with Gasteiger partial charge in [-0.25, -0.2) is 0 Å². The van der Waals surface area contributed by atoms with Gasteiger partial charge in [0.2, 0.25) is 5.91 Å². The molecule has 1 aromatic carbocycles. The SMILES string of the molecule is C/C=C/C(=O)N1CCC2(CC(=O)c3ccccc3O2)C1. The number of carbonyl (C=O) groups excluding carboxylic acids is 2. The zero-order valence-electron chi connectivity index (χ0n) is 11.5. The Labute approximate surface area is 118 Å². The van der Waals surface area contributed by atoms with E-state index in [1.54, 1.807) is 23.1 Å². The van der Waals surface area contributed by atoms with Crippen LogP contribution in [0.25, 0.3) is 0 Å². The highest BCUT2D eigenvalue weighted by atomic mass is 16.5. The first kappa shape index (κ1) is 12.9. The average molecular weight is 271 g/mol. The van der Waals surface area contributed by atoms with Crippen molar-refractivity contribution in [3.8, 4) is 5.75 Å². The Morgan fingerprint density at radius 1 is 1.40 bits per heavy atom. The highest BCUT2D eigenvalue weighted by Crippen LogP contribution is 2.38. The molecule has 1 spiro atoms. The molecule has 3 rings (SSSR count). The molecule has 104 valence electrons. The third-order valence-corrected chi connectivity index (χ3v) is 3.93. The fourth-order valence-electron chi connectivity index (χ4n) is 2.95. The number of likely N-dealkylation sites (tertiary alicyclic amines) is 1. The van der Waals surface area contributed by atoms with Crippen molar-refractivity contribution in [2.24, 2.45) is 0 Å². The normalized spacial score (nSPS) is 25.1. The molecule has 2 aliphatic rings. The van der Waals surface area contributed by atoms with Gasteiger partial charge in [-0.15, -0.1) is 0 Å². The van der Waals surface area contributed by atoms with Crippen LogP contribution in [0.5, 0.6) is 5.75 Å². The number of para-hydroxylation sites is 1. The van der Waals surface area contributed by atoms with Gasteiger partial charge < -0.3 is 9.64 Å². The first-order valence-corrected chi connectivity index (χ1v) is 6.86. The molecular formula is C16H17NO3. The number of nitrogens with zero attached hydrogens (tertiary/aromatic N) is 1. The van der Waals surface area contributed by atoms with E-state index < -0.39 is 5.60 Å². The highest BCUT2D eigenvalue weighted by molar-refractivity contribution is 6.00. The van der Waals surface area contributed by atoms with E-state index in [9.17, 15) is 9.59 Å². The molecular weight excluding hydrogens is 254 g/mol. The molecule has 0 saturated carbocycles. The lowest BCUT2D eigenvalue weighted by Crippen LogP contribution is -2.45. The van der Waals surface area contributed by atoms with Gasteiger partial charge in [-0.1, -0.05) is 18.2 Å². The fourth-order valence-corrected chi connectivity index (χ4v) is 2.95. The minimum atomic E-state index is -0.539. The van der Waals surface area contributed by atoms with E-state index in [2.05, 4.69) is 0 Å². The maximum Gasteiger partial charge on any atom is 0.246 e. The molecule has 0 aromatic heterocycles. The molecule has 0 radical (unpaired) electrons. The summed E-state index contributed by atoms with van der Waals surface area (Å²) < 4.78 is 6.07. The molecule has 1 aromatic rings. The molecule has 0 aliphatic carbocycles. The van der Waals surface area contributed by atoms with Gasteiger partial charge in [-0.05, 0) is 25.1 Å². The van der Waals surface area contributed by atoms with Gasteiger partial charge in [0.15, 0.2) is 5.78 Å². The third-order valence-electron chi connectivity index (χ3n) is 3.93. The number of Topliss-reactive ketones (excluding diaryl/α,β-unsaturated/α-hetero) is 1. The average Bonchev–Trinajstić information content (AvgIpc) is 2.83. The molecule has 1 amide bonds. The Hall–Kier alpha value is -2.10. The molecule has 0 N–H and O–H groups in total. The molecule has 20 heavy (non-hydrogen) atoms. The number of hydrogen-bond donors (Lipinski definition) is 0. The first-order valence-electron chi connectivity index (χ1n) is 6.86. The van der Waals surface area contributed by atoms with Gasteiger partial charge in [-0.3, -0.25) is 9.59 Å². The number of ether oxygens (including phenoxy) is 1. The van der Waals surface area contributed by atoms with Crippen LogP contribution in [-0.4, -0.2) is 35.3 Å². The lowest BCUT2D eigenvalue weighted by atomic mass is 9.89. The third kappa shape index (κ3) is 2.11. The molecule has 1 unspecified atom stereocenters. The van der Waals surface area contributed by atoms with Gasteiger partial charge in [0.1, 0.15) is 11.4 Å². The van der Waals surface area contributed by atoms with Gasteiger partial charge in [0.05, 0.1) is 18.5 Å². The van der Waals surface area contributed by atoms with Crippen LogP contribution in [0.4, 0.5) is 0 Å². The van der Waals surface area contributed by atoms with E-state index >= 15 is 0 Å². The van der Waals surface area contributed by atoms with Crippen molar-refractivity contribution >= 4 is 11.7 Å². The zero-order valence-corrected chi connectivity index (χ0v) is 11.5. The van der Waals surface area contributed by atoms with Crippen molar-refractivity contribution in [3.63, 3.8) is 0 Å². The number of rotatable bonds is 1. The lowest BCUT2D eigenvalue weighted by molar-refractivity contribution is -0.125. The number of fused-ring (bicyclic) bond motifs is 1. The van der Waals surface area contributed by atoms with E-state index in [0.717, 1.165) is 0 Å². The largest absolute Gasteiger partial charge is 0.484 e. The summed E-state index contributed by atoms with van der Waals surface area (Å²) in [6.45, 7) is 2.94. The molecule has 2 aliphatic heterocycles. The predicted octanol–water partition coefficient (Wildman–Crippen LogP) is 2.20. The number of amides is 1. The first-order chi connectivity index (χ1) is 9.63. The van der Waals surface area contributed by atoms with Crippen LogP contribution in [0.3, 0.4) is 0 Å². The predicted molar refractivity (Wildman–Crippen MR) is 74.8 cm³/mol. The monoisotopic (exact) mass is 271 g/mol. The van der Waals surface area contributed by atoms with Crippen LogP contribution >= 0.6 is 0 Å². The smallest absolute Gasteiger partial charge is 0.246 e. The highest BCUT2D eigenvalue weighted by Gasteiger charge is 2.46. The molecule has 1 atom stereocenters. The summed E-state index contributed by atoms with van der Waals surface area (Å²) in [6, 6.07) is 7.32. The van der Waals surface area contributed by atoms with E-state index in [4.69, 9.17) is 4.74 Å². The van der Waals surface area contributed by atoms with Crippen LogP contribution in [0.2, 0.25) is 0 Å². The van der Waals surface area contributed by atoms with Crippen molar-refractivity contribution < 1.29 is 14.3 Å². The van der Waals surface area contributed by atoms with Crippen molar-refractivity contribution in [1.29, 1.82) is 0 Å². The molecule has 1 fully saturated rings. The van der Waals surface area contributed by atoms with Crippen molar-refractivity contribution in [2.45, 2.75) is 25.4 Å². The lowest BCUT2D eigenvalue weighted by Gasteiger charge is -2.34. The topological polar surface area (TPSA) is 46.6 Å². The minimum absolute atomic E-state index is 0.0146. The Balaban J connectivity index is 1.83. The van der Waals surface area contributed by atoms with Crippen LogP contribution in [0.1, 0.15) is 30.1 Å². The van der Waals surface area contributed by atoms with Crippen LogP contribution in [0.15, 0.2) is 36.4 Å². The van der Waals surface area contributed by atoms with Gasteiger partial charge in [0, 0.05) is 13.0 Å². The summed E-state index contributed by atoms with van der Waals surface area (Å²) in [5.74, 6) is 0.732. The number of benzene rings is 1.